The Kier molecular flexibility index (Phi) is 6.81. The zero-order valence-corrected chi connectivity index (χ0v) is 16.6. The molecule has 3 rings (SSSR count). The number of rotatable bonds is 3. The smallest absolute Gasteiger partial charge is 0.243 e. The number of halogens is 3. The van der Waals surface area contributed by atoms with Crippen LogP contribution >= 0.6 is 35.6 Å². The van der Waals surface area contributed by atoms with Crippen molar-refractivity contribution in [2.75, 3.05) is 39.3 Å². The molecule has 2 aliphatic heterocycles. The molecule has 0 radical (unpaired) electrons. The summed E-state index contributed by atoms with van der Waals surface area (Å²) in [5.74, 6) is 0. The SMILES string of the molecule is Cc1c(Cl)cc(S(=O)(=O)N2CCC(N3CCNCC3)C2)cc1Cl.Cl. The fourth-order valence-corrected chi connectivity index (χ4v) is 5.36. The summed E-state index contributed by atoms with van der Waals surface area (Å²) in [7, 11) is -3.55. The molecule has 1 atom stereocenters. The van der Waals surface area contributed by atoms with Crippen LogP contribution in [-0.4, -0.2) is 62.9 Å². The molecule has 0 aliphatic carbocycles. The summed E-state index contributed by atoms with van der Waals surface area (Å²) in [5, 5.41) is 4.09. The van der Waals surface area contributed by atoms with Gasteiger partial charge in [0.05, 0.1) is 4.90 Å². The van der Waals surface area contributed by atoms with Crippen LogP contribution in [0.4, 0.5) is 0 Å². The number of nitrogens with one attached hydrogen (secondary N) is 1. The molecule has 9 heteroatoms. The van der Waals surface area contributed by atoms with Gasteiger partial charge in [-0.15, -0.1) is 12.4 Å². The lowest BCUT2D eigenvalue weighted by Gasteiger charge is -2.32. The Balaban J connectivity index is 0.00000208. The van der Waals surface area contributed by atoms with Gasteiger partial charge in [0.15, 0.2) is 0 Å². The molecule has 0 bridgehead atoms. The highest BCUT2D eigenvalue weighted by Gasteiger charge is 2.35. The molecule has 1 aromatic carbocycles. The van der Waals surface area contributed by atoms with Gasteiger partial charge in [0.25, 0.3) is 0 Å². The standard InChI is InChI=1S/C15H21Cl2N3O2S.ClH/c1-11-14(16)8-13(9-15(11)17)23(21,22)20-5-2-12(10-20)19-6-3-18-4-7-19;/h8-9,12,18H,2-7,10H2,1H3;1H. The van der Waals surface area contributed by atoms with Crippen molar-refractivity contribution in [2.24, 2.45) is 0 Å². The first-order chi connectivity index (χ1) is 10.9. The van der Waals surface area contributed by atoms with E-state index in [4.69, 9.17) is 23.2 Å². The number of hydrogen-bond donors (Lipinski definition) is 1. The number of piperazine rings is 1. The van der Waals surface area contributed by atoms with Crippen LogP contribution in [0.1, 0.15) is 12.0 Å². The number of hydrogen-bond acceptors (Lipinski definition) is 4. The number of nitrogens with zero attached hydrogens (tertiary/aromatic N) is 2. The van der Waals surface area contributed by atoms with E-state index in [0.717, 1.165) is 32.6 Å². The Bertz CT molecular complexity index is 670. The van der Waals surface area contributed by atoms with Crippen molar-refractivity contribution in [3.05, 3.63) is 27.7 Å². The molecule has 1 aromatic rings. The number of benzene rings is 1. The Morgan fingerprint density at radius 1 is 1.12 bits per heavy atom. The largest absolute Gasteiger partial charge is 0.314 e. The van der Waals surface area contributed by atoms with Crippen molar-refractivity contribution in [1.29, 1.82) is 0 Å². The molecular formula is C15H22Cl3N3O2S. The molecule has 5 nitrogen and oxygen atoms in total. The normalized spacial score (nSPS) is 23.2. The number of sulfonamides is 1. The highest BCUT2D eigenvalue weighted by molar-refractivity contribution is 7.89. The van der Waals surface area contributed by atoms with Crippen LogP contribution in [-0.2, 0) is 10.0 Å². The van der Waals surface area contributed by atoms with Crippen LogP contribution in [0, 0.1) is 6.92 Å². The highest BCUT2D eigenvalue weighted by Crippen LogP contribution is 2.31. The van der Waals surface area contributed by atoms with E-state index >= 15 is 0 Å². The minimum atomic E-state index is -3.55. The third-order valence-electron chi connectivity index (χ3n) is 4.69. The zero-order chi connectivity index (χ0) is 16.6. The molecular weight excluding hydrogens is 393 g/mol. The molecule has 2 aliphatic rings. The van der Waals surface area contributed by atoms with Gasteiger partial charge < -0.3 is 5.32 Å². The second-order valence-electron chi connectivity index (χ2n) is 6.10. The van der Waals surface area contributed by atoms with E-state index < -0.39 is 10.0 Å². The van der Waals surface area contributed by atoms with Crippen molar-refractivity contribution in [3.8, 4) is 0 Å². The summed E-state index contributed by atoms with van der Waals surface area (Å²) in [5.41, 5.74) is 0.701. The molecule has 2 heterocycles. The van der Waals surface area contributed by atoms with Crippen LogP contribution in [0.5, 0.6) is 0 Å². The monoisotopic (exact) mass is 413 g/mol. The van der Waals surface area contributed by atoms with Gasteiger partial charge in [-0.25, -0.2) is 8.42 Å². The summed E-state index contributed by atoms with van der Waals surface area (Å²) in [4.78, 5) is 2.56. The average Bonchev–Trinajstić information content (AvgIpc) is 3.03. The first kappa shape index (κ1) is 20.2. The maximum absolute atomic E-state index is 12.9. The molecule has 2 saturated heterocycles. The quantitative estimate of drug-likeness (QED) is 0.825. The fraction of sp³-hybridized carbons (Fsp3) is 0.600. The maximum atomic E-state index is 12.9. The summed E-state index contributed by atoms with van der Waals surface area (Å²) in [6.45, 7) is 6.73. The Labute approximate surface area is 159 Å². The first-order valence-corrected chi connectivity index (χ1v) is 10.00. The predicted molar refractivity (Wildman–Crippen MR) is 100 cm³/mol. The van der Waals surface area contributed by atoms with Gasteiger partial charge in [0, 0.05) is 55.4 Å². The third kappa shape index (κ3) is 4.01. The molecule has 0 amide bonds. The Hall–Kier alpha value is -0.0800. The lowest BCUT2D eigenvalue weighted by molar-refractivity contribution is 0.179. The van der Waals surface area contributed by atoms with Gasteiger partial charge in [-0.1, -0.05) is 23.2 Å². The molecule has 24 heavy (non-hydrogen) atoms. The van der Waals surface area contributed by atoms with Crippen LogP contribution in [0.2, 0.25) is 10.0 Å². The van der Waals surface area contributed by atoms with E-state index in [1.54, 1.807) is 11.2 Å². The average molecular weight is 415 g/mol. The van der Waals surface area contributed by atoms with E-state index in [9.17, 15) is 8.42 Å². The lowest BCUT2D eigenvalue weighted by atomic mass is 10.2. The van der Waals surface area contributed by atoms with Gasteiger partial charge in [-0.2, -0.15) is 4.31 Å². The van der Waals surface area contributed by atoms with Crippen molar-refractivity contribution in [1.82, 2.24) is 14.5 Å². The van der Waals surface area contributed by atoms with E-state index in [2.05, 4.69) is 10.2 Å². The minimum Gasteiger partial charge on any atom is -0.314 e. The van der Waals surface area contributed by atoms with E-state index in [1.165, 1.54) is 12.1 Å². The van der Waals surface area contributed by atoms with Crippen LogP contribution < -0.4 is 5.32 Å². The second-order valence-corrected chi connectivity index (χ2v) is 8.86. The van der Waals surface area contributed by atoms with Crippen LogP contribution in [0.25, 0.3) is 0 Å². The van der Waals surface area contributed by atoms with Crippen LogP contribution in [0.15, 0.2) is 17.0 Å². The lowest BCUT2D eigenvalue weighted by Crippen LogP contribution is -2.49. The second kappa shape index (κ2) is 8.08. The molecule has 2 fully saturated rings. The molecule has 136 valence electrons. The predicted octanol–water partition coefficient (Wildman–Crippen LogP) is 2.39. The molecule has 1 unspecified atom stereocenters. The van der Waals surface area contributed by atoms with Crippen molar-refractivity contribution >= 4 is 45.6 Å². The van der Waals surface area contributed by atoms with E-state index in [1.807, 2.05) is 0 Å². The summed E-state index contributed by atoms with van der Waals surface area (Å²) >= 11 is 12.2. The Morgan fingerprint density at radius 3 is 2.29 bits per heavy atom. The zero-order valence-electron chi connectivity index (χ0n) is 13.5. The van der Waals surface area contributed by atoms with E-state index in [0.29, 0.717) is 34.7 Å². The fourth-order valence-electron chi connectivity index (χ4n) is 3.19. The molecule has 0 spiro atoms. The third-order valence-corrected chi connectivity index (χ3v) is 7.31. The first-order valence-electron chi connectivity index (χ1n) is 7.80. The summed E-state index contributed by atoms with van der Waals surface area (Å²) in [6.07, 6.45) is 0.868. The summed E-state index contributed by atoms with van der Waals surface area (Å²) in [6, 6.07) is 3.29. The summed E-state index contributed by atoms with van der Waals surface area (Å²) < 4.78 is 27.3. The van der Waals surface area contributed by atoms with Gasteiger partial charge in [0.1, 0.15) is 0 Å². The van der Waals surface area contributed by atoms with Crippen molar-refractivity contribution < 1.29 is 8.42 Å². The topological polar surface area (TPSA) is 52.7 Å². The highest BCUT2D eigenvalue weighted by atomic mass is 35.5. The molecule has 0 saturated carbocycles. The van der Waals surface area contributed by atoms with Gasteiger partial charge in [0.2, 0.25) is 10.0 Å². The van der Waals surface area contributed by atoms with E-state index in [-0.39, 0.29) is 17.3 Å². The Morgan fingerprint density at radius 2 is 1.71 bits per heavy atom. The molecule has 1 N–H and O–H groups in total. The van der Waals surface area contributed by atoms with Gasteiger partial charge >= 0.3 is 0 Å². The minimum absolute atomic E-state index is 0. The van der Waals surface area contributed by atoms with Crippen molar-refractivity contribution in [3.63, 3.8) is 0 Å². The van der Waals surface area contributed by atoms with Gasteiger partial charge in [-0.3, -0.25) is 4.90 Å². The van der Waals surface area contributed by atoms with Crippen molar-refractivity contribution in [2.45, 2.75) is 24.3 Å². The van der Waals surface area contributed by atoms with Gasteiger partial charge in [-0.05, 0) is 31.0 Å². The maximum Gasteiger partial charge on any atom is 0.243 e. The molecule has 0 aromatic heterocycles. The van der Waals surface area contributed by atoms with Crippen LogP contribution in [0.3, 0.4) is 0 Å².